The zero-order chi connectivity index (χ0) is 21.1. The molecule has 1 aromatic heterocycles. The van der Waals surface area contributed by atoms with Crippen LogP contribution in [0, 0.1) is 6.92 Å². The maximum Gasteiger partial charge on any atom is 0.317 e. The molecule has 4 rings (SSSR count). The number of amides is 2. The average Bonchev–Trinajstić information content (AvgIpc) is 2.79. The zero-order valence-corrected chi connectivity index (χ0v) is 18.1. The van der Waals surface area contributed by atoms with Crippen LogP contribution in [0.5, 0.6) is 0 Å². The van der Waals surface area contributed by atoms with Gasteiger partial charge in [0.2, 0.25) is 0 Å². The normalized spacial score (nSPS) is 16.5. The van der Waals surface area contributed by atoms with Crippen LogP contribution < -0.4 is 10.2 Å². The summed E-state index contributed by atoms with van der Waals surface area (Å²) in [6.07, 6.45) is 3.76. The molecule has 1 N–H and O–H groups in total. The first-order valence-corrected chi connectivity index (χ1v) is 10.6. The molecule has 30 heavy (non-hydrogen) atoms. The third kappa shape index (κ3) is 4.33. The molecule has 0 saturated carbocycles. The number of hydrogen-bond donors (Lipinski definition) is 1. The van der Waals surface area contributed by atoms with Crippen molar-refractivity contribution in [2.75, 3.05) is 25.0 Å². The van der Waals surface area contributed by atoms with Crippen molar-refractivity contribution >= 4 is 34.2 Å². The Bertz CT molecular complexity index is 1050. The van der Waals surface area contributed by atoms with E-state index in [4.69, 9.17) is 11.6 Å². The predicted octanol–water partition coefficient (Wildman–Crippen LogP) is 4.40. The second-order valence-electron chi connectivity index (χ2n) is 7.85. The van der Waals surface area contributed by atoms with E-state index in [1.165, 1.54) is 0 Å². The van der Waals surface area contributed by atoms with Gasteiger partial charge in [-0.15, -0.1) is 5.10 Å². The van der Waals surface area contributed by atoms with Crippen LogP contribution in [0.4, 0.5) is 10.6 Å². The van der Waals surface area contributed by atoms with E-state index >= 15 is 0 Å². The van der Waals surface area contributed by atoms with Crippen LogP contribution >= 0.6 is 11.6 Å². The minimum absolute atomic E-state index is 0.0709. The van der Waals surface area contributed by atoms with Gasteiger partial charge in [0.05, 0.1) is 12.2 Å². The summed E-state index contributed by atoms with van der Waals surface area (Å²) in [5.74, 6) is 0.892. The number of piperidine rings is 1. The lowest BCUT2D eigenvalue weighted by molar-refractivity contribution is 0.182. The van der Waals surface area contributed by atoms with Crippen LogP contribution in [0.15, 0.2) is 48.7 Å². The van der Waals surface area contributed by atoms with Crippen LogP contribution in [0.1, 0.15) is 24.0 Å². The van der Waals surface area contributed by atoms with Gasteiger partial charge < -0.3 is 15.1 Å². The Morgan fingerprint density at radius 2 is 2.13 bits per heavy atom. The molecule has 2 amide bonds. The summed E-state index contributed by atoms with van der Waals surface area (Å²) in [7, 11) is 1.87. The second-order valence-corrected chi connectivity index (χ2v) is 8.26. The minimum Gasteiger partial charge on any atom is -0.353 e. The van der Waals surface area contributed by atoms with E-state index in [9.17, 15) is 4.79 Å². The number of carbonyl (C=O) groups excluding carboxylic acids is 1. The maximum absolute atomic E-state index is 12.8. The zero-order valence-electron chi connectivity index (χ0n) is 17.3. The molecular formula is C23H26ClN5O. The number of hydrogen-bond acceptors (Lipinski definition) is 4. The fourth-order valence-electron chi connectivity index (χ4n) is 3.99. The Balaban J connectivity index is 1.42. The molecule has 2 aromatic carbocycles. The van der Waals surface area contributed by atoms with E-state index in [2.05, 4.69) is 26.5 Å². The second kappa shape index (κ2) is 8.88. The Morgan fingerprint density at radius 3 is 2.97 bits per heavy atom. The largest absolute Gasteiger partial charge is 0.353 e. The first kappa shape index (κ1) is 20.4. The molecule has 6 nitrogen and oxygen atoms in total. The Hall–Kier alpha value is -2.86. The third-order valence-corrected chi connectivity index (χ3v) is 6.21. The number of likely N-dealkylation sites (N-methyl/N-ethyl adjacent to an activating group) is 1. The van der Waals surface area contributed by atoms with E-state index in [1.54, 1.807) is 6.20 Å². The van der Waals surface area contributed by atoms with Crippen LogP contribution in [0.25, 0.3) is 10.8 Å². The number of fused-ring (bicyclic) bond motifs is 1. The van der Waals surface area contributed by atoms with Gasteiger partial charge >= 0.3 is 6.03 Å². The van der Waals surface area contributed by atoms with Crippen LogP contribution in [-0.4, -0.2) is 47.3 Å². The number of nitrogens with one attached hydrogen (secondary N) is 1. The molecule has 2 heterocycles. The molecule has 1 aliphatic rings. The number of benzene rings is 2. The number of anilines is 1. The number of rotatable bonds is 4. The molecular weight excluding hydrogens is 398 g/mol. The summed E-state index contributed by atoms with van der Waals surface area (Å²) in [4.78, 5) is 16.8. The van der Waals surface area contributed by atoms with Crippen LogP contribution in [0.2, 0.25) is 5.02 Å². The SMILES string of the molecule is Cc1cc(CNC(=O)N(C)[C@@H]2CCCN(c3nncc4ccccc34)C2)ccc1Cl. The van der Waals surface area contributed by atoms with Gasteiger partial charge in [-0.3, -0.25) is 0 Å². The minimum atomic E-state index is -0.0709. The number of aryl methyl sites for hydroxylation is 1. The molecule has 1 atom stereocenters. The number of nitrogens with zero attached hydrogens (tertiary/aromatic N) is 4. The van der Waals surface area contributed by atoms with Crippen LogP contribution in [0.3, 0.4) is 0 Å². The molecule has 0 radical (unpaired) electrons. The van der Waals surface area contributed by atoms with Gasteiger partial charge in [0.25, 0.3) is 0 Å². The van der Waals surface area contributed by atoms with Gasteiger partial charge in [-0.1, -0.05) is 48.0 Å². The molecule has 0 bridgehead atoms. The summed E-state index contributed by atoms with van der Waals surface area (Å²) in [6.45, 7) is 4.10. The van der Waals surface area contributed by atoms with Crippen molar-refractivity contribution in [1.82, 2.24) is 20.4 Å². The van der Waals surface area contributed by atoms with E-state index in [-0.39, 0.29) is 12.1 Å². The number of aromatic nitrogens is 2. The van der Waals surface area contributed by atoms with Crippen molar-refractivity contribution in [3.8, 4) is 0 Å². The summed E-state index contributed by atoms with van der Waals surface area (Å²) >= 11 is 6.09. The van der Waals surface area contributed by atoms with E-state index < -0.39 is 0 Å². The van der Waals surface area contributed by atoms with Gasteiger partial charge in [-0.2, -0.15) is 5.10 Å². The topological polar surface area (TPSA) is 61.4 Å². The number of carbonyl (C=O) groups is 1. The smallest absolute Gasteiger partial charge is 0.317 e. The number of halogens is 1. The Morgan fingerprint density at radius 1 is 1.30 bits per heavy atom. The molecule has 156 valence electrons. The summed E-state index contributed by atoms with van der Waals surface area (Å²) < 4.78 is 0. The number of urea groups is 1. The average molecular weight is 424 g/mol. The Kier molecular flexibility index (Phi) is 6.04. The van der Waals surface area contributed by atoms with Crippen molar-refractivity contribution in [2.45, 2.75) is 32.4 Å². The first-order valence-electron chi connectivity index (χ1n) is 10.2. The highest BCUT2D eigenvalue weighted by Crippen LogP contribution is 2.27. The summed E-state index contributed by atoms with van der Waals surface area (Å²) in [5, 5.41) is 14.5. The van der Waals surface area contributed by atoms with Crippen molar-refractivity contribution in [1.29, 1.82) is 0 Å². The molecule has 1 saturated heterocycles. The predicted molar refractivity (Wildman–Crippen MR) is 121 cm³/mol. The van der Waals surface area contributed by atoms with E-state index in [0.29, 0.717) is 6.54 Å². The molecule has 0 unspecified atom stereocenters. The van der Waals surface area contributed by atoms with Crippen molar-refractivity contribution in [3.63, 3.8) is 0 Å². The van der Waals surface area contributed by atoms with Crippen molar-refractivity contribution < 1.29 is 4.79 Å². The monoisotopic (exact) mass is 423 g/mol. The van der Waals surface area contributed by atoms with E-state index in [1.807, 2.05) is 55.3 Å². The standard InChI is InChI=1S/C23H26ClN5O/c1-16-12-17(9-10-21(16)24)13-25-23(30)28(2)19-7-5-11-29(15-19)22-20-8-4-3-6-18(20)14-26-27-22/h3-4,6,8-10,12,14,19H,5,7,11,13,15H2,1-2H3,(H,25,30)/t19-/m1/s1. The lowest BCUT2D eigenvalue weighted by Crippen LogP contribution is -2.51. The molecule has 1 fully saturated rings. The lowest BCUT2D eigenvalue weighted by Gasteiger charge is -2.38. The molecule has 0 spiro atoms. The van der Waals surface area contributed by atoms with Gasteiger partial charge in [0.1, 0.15) is 0 Å². The molecule has 7 heteroatoms. The molecule has 3 aromatic rings. The quantitative estimate of drug-likeness (QED) is 0.675. The van der Waals surface area contributed by atoms with Crippen molar-refractivity contribution in [2.24, 2.45) is 0 Å². The van der Waals surface area contributed by atoms with Crippen LogP contribution in [-0.2, 0) is 6.54 Å². The highest BCUT2D eigenvalue weighted by molar-refractivity contribution is 6.31. The lowest BCUT2D eigenvalue weighted by atomic mass is 10.0. The highest BCUT2D eigenvalue weighted by Gasteiger charge is 2.27. The fraction of sp³-hybridized carbons (Fsp3) is 0.348. The first-order chi connectivity index (χ1) is 14.5. The van der Waals surface area contributed by atoms with Gasteiger partial charge in [-0.05, 0) is 37.0 Å². The fourth-order valence-corrected chi connectivity index (χ4v) is 4.11. The summed E-state index contributed by atoms with van der Waals surface area (Å²) in [6, 6.07) is 14.0. The highest BCUT2D eigenvalue weighted by atomic mass is 35.5. The van der Waals surface area contributed by atoms with E-state index in [0.717, 1.165) is 58.7 Å². The van der Waals surface area contributed by atoms with Gasteiger partial charge in [0, 0.05) is 42.5 Å². The van der Waals surface area contributed by atoms with Crippen molar-refractivity contribution in [3.05, 3.63) is 64.8 Å². The van der Waals surface area contributed by atoms with Gasteiger partial charge in [0.15, 0.2) is 5.82 Å². The maximum atomic E-state index is 12.8. The summed E-state index contributed by atoms with van der Waals surface area (Å²) in [5.41, 5.74) is 2.05. The third-order valence-electron chi connectivity index (χ3n) is 5.78. The Labute approximate surface area is 181 Å². The molecule has 1 aliphatic heterocycles. The van der Waals surface area contributed by atoms with Gasteiger partial charge in [-0.25, -0.2) is 4.79 Å². The molecule has 0 aliphatic carbocycles.